The van der Waals surface area contributed by atoms with Crippen molar-refractivity contribution in [1.29, 1.82) is 0 Å². The van der Waals surface area contributed by atoms with Gasteiger partial charge in [-0.3, -0.25) is 9.89 Å². The van der Waals surface area contributed by atoms with Gasteiger partial charge in [-0.05, 0) is 36.5 Å². The number of furan rings is 1. The summed E-state index contributed by atoms with van der Waals surface area (Å²) in [6.45, 7) is 0. The van der Waals surface area contributed by atoms with Gasteiger partial charge in [-0.25, -0.2) is 0 Å². The summed E-state index contributed by atoms with van der Waals surface area (Å²) in [5.74, 6) is 0.643. The molecule has 1 aliphatic rings. The molecular weight excluding hydrogens is 290 g/mol. The van der Waals surface area contributed by atoms with Crippen LogP contribution in [0.5, 0.6) is 0 Å². The number of aromatic nitrogens is 2. The SMILES string of the molecule is O=C(Cc1cccc(-c2ccoc2)c1)Nc1n[nH]c2c1CCC2. The number of carbonyl (C=O) groups is 1. The van der Waals surface area contributed by atoms with Crippen LogP contribution in [-0.4, -0.2) is 16.1 Å². The first kappa shape index (κ1) is 13.8. The number of aromatic amines is 1. The molecule has 0 fully saturated rings. The zero-order chi connectivity index (χ0) is 15.6. The second-order valence-electron chi connectivity index (χ2n) is 5.82. The Balaban J connectivity index is 1.47. The molecule has 0 bridgehead atoms. The molecule has 5 heteroatoms. The average molecular weight is 307 g/mol. The topological polar surface area (TPSA) is 70.9 Å². The maximum atomic E-state index is 12.3. The minimum absolute atomic E-state index is 0.0458. The first-order valence-corrected chi connectivity index (χ1v) is 7.77. The van der Waals surface area contributed by atoms with Crippen LogP contribution >= 0.6 is 0 Å². The number of aryl methyl sites for hydroxylation is 1. The van der Waals surface area contributed by atoms with E-state index in [4.69, 9.17) is 4.42 Å². The van der Waals surface area contributed by atoms with Crippen LogP contribution in [0.15, 0.2) is 47.3 Å². The van der Waals surface area contributed by atoms with E-state index in [-0.39, 0.29) is 5.91 Å². The Kier molecular flexibility index (Phi) is 3.46. The largest absolute Gasteiger partial charge is 0.472 e. The zero-order valence-corrected chi connectivity index (χ0v) is 12.6. The molecule has 0 atom stereocenters. The lowest BCUT2D eigenvalue weighted by Crippen LogP contribution is -2.15. The van der Waals surface area contributed by atoms with E-state index in [2.05, 4.69) is 15.5 Å². The minimum Gasteiger partial charge on any atom is -0.472 e. The van der Waals surface area contributed by atoms with E-state index in [9.17, 15) is 4.79 Å². The zero-order valence-electron chi connectivity index (χ0n) is 12.6. The number of benzene rings is 1. The summed E-state index contributed by atoms with van der Waals surface area (Å²) in [4.78, 5) is 12.3. The van der Waals surface area contributed by atoms with Crippen molar-refractivity contribution in [3.63, 3.8) is 0 Å². The molecule has 116 valence electrons. The number of H-pyrrole nitrogens is 1. The van der Waals surface area contributed by atoms with Gasteiger partial charge in [0.25, 0.3) is 0 Å². The van der Waals surface area contributed by atoms with Crippen molar-refractivity contribution in [2.75, 3.05) is 5.32 Å². The first-order chi connectivity index (χ1) is 11.3. The van der Waals surface area contributed by atoms with Crippen LogP contribution in [0, 0.1) is 0 Å². The predicted octanol–water partition coefficient (Wildman–Crippen LogP) is 3.34. The highest BCUT2D eigenvalue weighted by atomic mass is 16.3. The van der Waals surface area contributed by atoms with Gasteiger partial charge in [0, 0.05) is 16.8 Å². The standard InChI is InChI=1S/C18H17N3O2/c22-17(19-18-15-5-2-6-16(15)20-21-18)10-12-3-1-4-13(9-12)14-7-8-23-11-14/h1,3-4,7-9,11H,2,5-6,10H2,(H2,19,20,21,22). The molecule has 2 heterocycles. The van der Waals surface area contributed by atoms with Gasteiger partial charge in [0.1, 0.15) is 0 Å². The van der Waals surface area contributed by atoms with Crippen LogP contribution < -0.4 is 5.32 Å². The van der Waals surface area contributed by atoms with E-state index in [1.165, 1.54) is 0 Å². The Morgan fingerprint density at radius 3 is 3.09 bits per heavy atom. The first-order valence-electron chi connectivity index (χ1n) is 7.77. The summed E-state index contributed by atoms with van der Waals surface area (Å²) in [5, 5.41) is 10.1. The van der Waals surface area contributed by atoms with Crippen LogP contribution in [-0.2, 0) is 24.1 Å². The van der Waals surface area contributed by atoms with Crippen LogP contribution in [0.3, 0.4) is 0 Å². The third kappa shape index (κ3) is 2.77. The molecule has 2 N–H and O–H groups in total. The molecule has 0 spiro atoms. The number of nitrogens with zero attached hydrogens (tertiary/aromatic N) is 1. The predicted molar refractivity (Wildman–Crippen MR) is 87.1 cm³/mol. The molecule has 1 aromatic carbocycles. The van der Waals surface area contributed by atoms with Gasteiger partial charge < -0.3 is 9.73 Å². The Bertz CT molecular complexity index is 834. The van der Waals surface area contributed by atoms with Crippen molar-refractivity contribution >= 4 is 11.7 Å². The van der Waals surface area contributed by atoms with E-state index in [0.29, 0.717) is 12.2 Å². The lowest BCUT2D eigenvalue weighted by molar-refractivity contribution is -0.115. The smallest absolute Gasteiger partial charge is 0.230 e. The number of rotatable bonds is 4. The van der Waals surface area contributed by atoms with Crippen LogP contribution in [0.4, 0.5) is 5.82 Å². The number of amides is 1. The quantitative estimate of drug-likeness (QED) is 0.776. The number of hydrogen-bond donors (Lipinski definition) is 2. The average Bonchev–Trinajstić information content (AvgIpc) is 3.27. The highest BCUT2D eigenvalue weighted by Crippen LogP contribution is 2.26. The van der Waals surface area contributed by atoms with Crippen LogP contribution in [0.1, 0.15) is 23.2 Å². The lowest BCUT2D eigenvalue weighted by Gasteiger charge is -2.05. The van der Waals surface area contributed by atoms with Crippen molar-refractivity contribution in [3.8, 4) is 11.1 Å². The minimum atomic E-state index is -0.0458. The molecule has 3 aromatic rings. The van der Waals surface area contributed by atoms with Gasteiger partial charge in [-0.1, -0.05) is 24.3 Å². The summed E-state index contributed by atoms with van der Waals surface area (Å²) in [6, 6.07) is 9.84. The normalized spacial score (nSPS) is 13.0. The number of hydrogen-bond acceptors (Lipinski definition) is 3. The lowest BCUT2D eigenvalue weighted by atomic mass is 10.0. The molecule has 5 nitrogen and oxygen atoms in total. The number of anilines is 1. The van der Waals surface area contributed by atoms with Crippen molar-refractivity contribution in [2.45, 2.75) is 25.7 Å². The fraction of sp³-hybridized carbons (Fsp3) is 0.222. The van der Waals surface area contributed by atoms with Crippen LogP contribution in [0.25, 0.3) is 11.1 Å². The fourth-order valence-corrected chi connectivity index (χ4v) is 3.07. The van der Waals surface area contributed by atoms with Crippen molar-refractivity contribution < 1.29 is 9.21 Å². The van der Waals surface area contributed by atoms with E-state index in [1.807, 2.05) is 30.3 Å². The van der Waals surface area contributed by atoms with Crippen molar-refractivity contribution in [2.24, 2.45) is 0 Å². The maximum Gasteiger partial charge on any atom is 0.230 e. The summed E-state index contributed by atoms with van der Waals surface area (Å²) < 4.78 is 5.11. The van der Waals surface area contributed by atoms with Gasteiger partial charge in [-0.15, -0.1) is 0 Å². The maximum absolute atomic E-state index is 12.3. The molecule has 4 rings (SSSR count). The van der Waals surface area contributed by atoms with Crippen molar-refractivity contribution in [3.05, 3.63) is 59.7 Å². The van der Waals surface area contributed by atoms with Crippen LogP contribution in [0.2, 0.25) is 0 Å². The molecule has 1 amide bonds. The Labute approximate surface area is 133 Å². The molecule has 0 aliphatic heterocycles. The summed E-state index contributed by atoms with van der Waals surface area (Å²) in [6.07, 6.45) is 6.80. The van der Waals surface area contributed by atoms with Gasteiger partial charge in [0.05, 0.1) is 18.9 Å². The number of carbonyl (C=O) groups excluding carboxylic acids is 1. The molecule has 0 saturated heterocycles. The van der Waals surface area contributed by atoms with E-state index < -0.39 is 0 Å². The molecule has 23 heavy (non-hydrogen) atoms. The van der Waals surface area contributed by atoms with E-state index in [1.54, 1.807) is 12.5 Å². The van der Waals surface area contributed by atoms with Gasteiger partial charge in [-0.2, -0.15) is 5.10 Å². The Hall–Kier alpha value is -2.82. The third-order valence-electron chi connectivity index (χ3n) is 4.21. The molecule has 1 aliphatic carbocycles. The van der Waals surface area contributed by atoms with E-state index >= 15 is 0 Å². The Morgan fingerprint density at radius 2 is 2.22 bits per heavy atom. The van der Waals surface area contributed by atoms with Gasteiger partial charge in [0.2, 0.25) is 5.91 Å². The Morgan fingerprint density at radius 1 is 1.26 bits per heavy atom. The fourth-order valence-electron chi connectivity index (χ4n) is 3.07. The highest BCUT2D eigenvalue weighted by molar-refractivity contribution is 5.92. The van der Waals surface area contributed by atoms with Gasteiger partial charge in [0.15, 0.2) is 5.82 Å². The number of fused-ring (bicyclic) bond motifs is 1. The summed E-state index contributed by atoms with van der Waals surface area (Å²) in [5.41, 5.74) is 5.34. The highest BCUT2D eigenvalue weighted by Gasteiger charge is 2.19. The molecule has 0 radical (unpaired) electrons. The summed E-state index contributed by atoms with van der Waals surface area (Å²) >= 11 is 0. The molecular formula is C18H17N3O2. The van der Waals surface area contributed by atoms with Crippen molar-refractivity contribution in [1.82, 2.24) is 10.2 Å². The van der Waals surface area contributed by atoms with Gasteiger partial charge >= 0.3 is 0 Å². The molecule has 0 saturated carbocycles. The second-order valence-corrected chi connectivity index (χ2v) is 5.82. The van der Waals surface area contributed by atoms with E-state index in [0.717, 1.165) is 47.2 Å². The molecule has 2 aromatic heterocycles. The number of nitrogens with one attached hydrogen (secondary N) is 2. The molecule has 0 unspecified atom stereocenters. The third-order valence-corrected chi connectivity index (χ3v) is 4.21. The monoisotopic (exact) mass is 307 g/mol. The summed E-state index contributed by atoms with van der Waals surface area (Å²) in [7, 11) is 0. The second kappa shape index (κ2) is 5.76.